The highest BCUT2D eigenvalue weighted by Gasteiger charge is 2.14. The first kappa shape index (κ1) is 16.3. The summed E-state index contributed by atoms with van der Waals surface area (Å²) in [5.74, 6) is -0.126. The molecule has 22 heavy (non-hydrogen) atoms. The number of hydrogen-bond acceptors (Lipinski definition) is 4. The van der Waals surface area contributed by atoms with Crippen molar-refractivity contribution in [2.75, 3.05) is 13.1 Å². The number of carbonyl (C=O) groups is 1. The van der Waals surface area contributed by atoms with Crippen molar-refractivity contribution < 1.29 is 17.6 Å². The summed E-state index contributed by atoms with van der Waals surface area (Å²) in [6.45, 7) is 3.92. The Morgan fingerprint density at radius 3 is 2.36 bits per heavy atom. The van der Waals surface area contributed by atoms with Crippen molar-refractivity contribution in [3.05, 3.63) is 53.5 Å². The third-order valence-corrected chi connectivity index (χ3v) is 4.58. The van der Waals surface area contributed by atoms with Gasteiger partial charge in [0.15, 0.2) is 5.76 Å². The number of nitrogens with one attached hydrogen (secondary N) is 2. The maximum absolute atomic E-state index is 12.0. The summed E-state index contributed by atoms with van der Waals surface area (Å²) in [5.41, 5.74) is 1.72. The quantitative estimate of drug-likeness (QED) is 0.791. The number of rotatable bonds is 6. The second kappa shape index (κ2) is 6.76. The summed E-state index contributed by atoms with van der Waals surface area (Å²) in [4.78, 5) is 12.0. The van der Waals surface area contributed by atoms with E-state index in [-0.39, 0.29) is 29.7 Å². The van der Waals surface area contributed by atoms with Crippen molar-refractivity contribution in [1.29, 1.82) is 0 Å². The maximum Gasteiger partial charge on any atom is 0.287 e. The first-order valence-electron chi connectivity index (χ1n) is 6.79. The molecule has 0 bridgehead atoms. The van der Waals surface area contributed by atoms with E-state index in [1.807, 2.05) is 6.92 Å². The van der Waals surface area contributed by atoms with Gasteiger partial charge in [0.2, 0.25) is 10.0 Å². The van der Waals surface area contributed by atoms with E-state index in [2.05, 4.69) is 10.0 Å². The van der Waals surface area contributed by atoms with Crippen LogP contribution < -0.4 is 10.0 Å². The number of hydrogen-bond donors (Lipinski definition) is 2. The molecule has 0 aliphatic carbocycles. The highest BCUT2D eigenvalue weighted by atomic mass is 32.2. The molecule has 1 heterocycles. The molecular formula is C15H18N2O4S. The van der Waals surface area contributed by atoms with Crippen LogP contribution in [0, 0.1) is 13.8 Å². The van der Waals surface area contributed by atoms with Gasteiger partial charge in [0.25, 0.3) is 5.91 Å². The van der Waals surface area contributed by atoms with Gasteiger partial charge in [0.05, 0.1) is 11.2 Å². The fourth-order valence-electron chi connectivity index (χ4n) is 1.85. The molecule has 0 aliphatic heterocycles. The fourth-order valence-corrected chi connectivity index (χ4v) is 2.88. The van der Waals surface area contributed by atoms with E-state index >= 15 is 0 Å². The van der Waals surface area contributed by atoms with Gasteiger partial charge in [-0.25, -0.2) is 13.1 Å². The molecule has 0 spiro atoms. The minimum Gasteiger partial charge on any atom is -0.459 e. The Labute approximate surface area is 129 Å². The van der Waals surface area contributed by atoms with E-state index < -0.39 is 10.0 Å². The number of benzene rings is 1. The van der Waals surface area contributed by atoms with Gasteiger partial charge in [-0.3, -0.25) is 4.79 Å². The Bertz CT molecular complexity index is 748. The third kappa shape index (κ3) is 3.96. The van der Waals surface area contributed by atoms with Gasteiger partial charge < -0.3 is 9.73 Å². The number of aryl methyl sites for hydroxylation is 2. The van der Waals surface area contributed by atoms with Crippen LogP contribution in [0.4, 0.5) is 0 Å². The molecule has 2 rings (SSSR count). The number of carbonyl (C=O) groups excluding carboxylic acids is 1. The van der Waals surface area contributed by atoms with Crippen LogP contribution in [-0.4, -0.2) is 27.4 Å². The van der Waals surface area contributed by atoms with Crippen molar-refractivity contribution in [3.63, 3.8) is 0 Å². The van der Waals surface area contributed by atoms with Crippen molar-refractivity contribution in [3.8, 4) is 0 Å². The first-order chi connectivity index (χ1) is 10.4. The van der Waals surface area contributed by atoms with Crippen molar-refractivity contribution in [2.24, 2.45) is 0 Å². The zero-order valence-corrected chi connectivity index (χ0v) is 13.2. The Morgan fingerprint density at radius 2 is 1.77 bits per heavy atom. The molecule has 1 aromatic heterocycles. The van der Waals surface area contributed by atoms with E-state index in [0.717, 1.165) is 11.1 Å². The number of furan rings is 1. The molecule has 0 fully saturated rings. The first-order valence-corrected chi connectivity index (χ1v) is 8.27. The van der Waals surface area contributed by atoms with Crippen LogP contribution in [0.3, 0.4) is 0 Å². The lowest BCUT2D eigenvalue weighted by Gasteiger charge is -2.08. The lowest BCUT2D eigenvalue weighted by atomic mass is 10.2. The predicted octanol–water partition coefficient (Wildman–Crippen LogP) is 1.60. The van der Waals surface area contributed by atoms with E-state index in [1.54, 1.807) is 37.3 Å². The maximum atomic E-state index is 12.0. The molecule has 118 valence electrons. The summed E-state index contributed by atoms with van der Waals surface area (Å²) < 4.78 is 31.5. The van der Waals surface area contributed by atoms with Crippen molar-refractivity contribution >= 4 is 15.9 Å². The molecule has 0 aliphatic rings. The van der Waals surface area contributed by atoms with Crippen LogP contribution in [0.2, 0.25) is 0 Å². The normalized spacial score (nSPS) is 11.4. The summed E-state index contributed by atoms with van der Waals surface area (Å²) in [7, 11) is -3.56. The Kier molecular flexibility index (Phi) is 4.99. The van der Waals surface area contributed by atoms with Crippen LogP contribution in [0.25, 0.3) is 0 Å². The lowest BCUT2D eigenvalue weighted by molar-refractivity contribution is 0.0926. The summed E-state index contributed by atoms with van der Waals surface area (Å²) in [5, 5.41) is 2.60. The topological polar surface area (TPSA) is 88.4 Å². The van der Waals surface area contributed by atoms with Gasteiger partial charge in [-0.1, -0.05) is 17.7 Å². The van der Waals surface area contributed by atoms with E-state index in [1.165, 1.54) is 6.26 Å². The van der Waals surface area contributed by atoms with Crippen LogP contribution in [0.1, 0.15) is 21.7 Å². The predicted molar refractivity (Wildman–Crippen MR) is 82.1 cm³/mol. The minimum absolute atomic E-state index is 0.0989. The molecule has 1 aromatic carbocycles. The zero-order chi connectivity index (χ0) is 16.2. The van der Waals surface area contributed by atoms with E-state index in [9.17, 15) is 13.2 Å². The van der Waals surface area contributed by atoms with Crippen LogP contribution in [-0.2, 0) is 10.0 Å². The molecule has 0 saturated carbocycles. The van der Waals surface area contributed by atoms with Gasteiger partial charge in [0, 0.05) is 18.7 Å². The summed E-state index contributed by atoms with van der Waals surface area (Å²) in [6.07, 6.45) is 1.43. The van der Waals surface area contributed by atoms with Gasteiger partial charge in [-0.2, -0.15) is 0 Å². The fraction of sp³-hybridized carbons (Fsp3) is 0.267. The summed E-state index contributed by atoms with van der Waals surface area (Å²) in [6, 6.07) is 8.24. The van der Waals surface area contributed by atoms with Crippen LogP contribution in [0.5, 0.6) is 0 Å². The molecule has 1 amide bonds. The molecule has 0 radical (unpaired) electrons. The lowest BCUT2D eigenvalue weighted by Crippen LogP contribution is -2.34. The Balaban J connectivity index is 1.84. The molecule has 2 aromatic rings. The van der Waals surface area contributed by atoms with Gasteiger partial charge in [-0.15, -0.1) is 0 Å². The standard InChI is InChI=1S/C15H18N2O4S/c1-11-3-5-13(6-4-11)22(19,20)17-9-8-16-15(18)14-12(2)7-10-21-14/h3-7,10,17H,8-9H2,1-2H3,(H,16,18). The second-order valence-corrected chi connectivity index (χ2v) is 6.67. The molecule has 0 saturated heterocycles. The Morgan fingerprint density at radius 1 is 1.09 bits per heavy atom. The van der Waals surface area contributed by atoms with E-state index in [0.29, 0.717) is 0 Å². The molecule has 6 nitrogen and oxygen atoms in total. The SMILES string of the molecule is Cc1ccc(S(=O)(=O)NCCNC(=O)c2occc2C)cc1. The smallest absolute Gasteiger partial charge is 0.287 e. The number of amides is 1. The van der Waals surface area contributed by atoms with Gasteiger partial charge in [0.1, 0.15) is 0 Å². The Hall–Kier alpha value is -2.12. The monoisotopic (exact) mass is 322 g/mol. The number of sulfonamides is 1. The average Bonchev–Trinajstić information content (AvgIpc) is 2.90. The average molecular weight is 322 g/mol. The van der Waals surface area contributed by atoms with Crippen molar-refractivity contribution in [2.45, 2.75) is 18.7 Å². The van der Waals surface area contributed by atoms with Gasteiger partial charge in [-0.05, 0) is 32.0 Å². The highest BCUT2D eigenvalue weighted by Crippen LogP contribution is 2.09. The zero-order valence-electron chi connectivity index (χ0n) is 12.4. The summed E-state index contributed by atoms with van der Waals surface area (Å²) >= 11 is 0. The molecule has 0 atom stereocenters. The van der Waals surface area contributed by atoms with Gasteiger partial charge >= 0.3 is 0 Å². The molecule has 0 unspecified atom stereocenters. The van der Waals surface area contributed by atoms with Crippen LogP contribution >= 0.6 is 0 Å². The van der Waals surface area contributed by atoms with Crippen LogP contribution in [0.15, 0.2) is 45.9 Å². The highest BCUT2D eigenvalue weighted by molar-refractivity contribution is 7.89. The minimum atomic E-state index is -3.56. The largest absolute Gasteiger partial charge is 0.459 e. The molecule has 7 heteroatoms. The third-order valence-electron chi connectivity index (χ3n) is 3.10. The molecular weight excluding hydrogens is 304 g/mol. The second-order valence-electron chi connectivity index (χ2n) is 4.90. The van der Waals surface area contributed by atoms with Crippen molar-refractivity contribution in [1.82, 2.24) is 10.0 Å². The van der Waals surface area contributed by atoms with E-state index in [4.69, 9.17) is 4.42 Å². The molecule has 2 N–H and O–H groups in total.